The predicted octanol–water partition coefficient (Wildman–Crippen LogP) is 4.78. The lowest BCUT2D eigenvalue weighted by Crippen LogP contribution is -2.38. The molecule has 1 fully saturated rings. The van der Waals surface area contributed by atoms with E-state index in [9.17, 15) is 19.6 Å². The van der Waals surface area contributed by atoms with E-state index in [1.54, 1.807) is 24.3 Å². The normalized spacial score (nSPS) is 14.0. The lowest BCUT2D eigenvalue weighted by molar-refractivity contribution is -0.129. The molecule has 9 nitrogen and oxygen atoms in total. The Morgan fingerprint density at radius 3 is 2.61 bits per heavy atom. The Morgan fingerprint density at radius 1 is 1.11 bits per heavy atom. The average molecular weight is 517 g/mol. The van der Waals surface area contributed by atoms with Gasteiger partial charge in [-0.05, 0) is 61.7 Å². The van der Waals surface area contributed by atoms with Crippen molar-refractivity contribution in [3.8, 4) is 23.3 Å². The fourth-order valence-corrected chi connectivity index (χ4v) is 4.34. The van der Waals surface area contributed by atoms with Crippen molar-refractivity contribution >= 4 is 28.9 Å². The summed E-state index contributed by atoms with van der Waals surface area (Å²) in [5, 5.41) is 12.9. The molecule has 1 heterocycles. The van der Waals surface area contributed by atoms with E-state index in [4.69, 9.17) is 18.6 Å². The van der Waals surface area contributed by atoms with Gasteiger partial charge in [-0.15, -0.1) is 0 Å². The van der Waals surface area contributed by atoms with Gasteiger partial charge in [-0.3, -0.25) is 4.79 Å². The van der Waals surface area contributed by atoms with Gasteiger partial charge in [-0.25, -0.2) is 9.59 Å². The summed E-state index contributed by atoms with van der Waals surface area (Å²) >= 11 is 0. The van der Waals surface area contributed by atoms with Gasteiger partial charge in [0.2, 0.25) is 0 Å². The molecule has 1 aliphatic rings. The topological polar surface area (TPSA) is 128 Å². The number of nitrogens with zero attached hydrogens (tertiary/aromatic N) is 1. The number of ether oxygens (including phenoxy) is 3. The molecule has 2 aromatic carbocycles. The molecule has 9 heteroatoms. The molecule has 1 amide bonds. The van der Waals surface area contributed by atoms with Crippen LogP contribution in [0.1, 0.15) is 54.9 Å². The van der Waals surface area contributed by atoms with Crippen molar-refractivity contribution in [2.24, 2.45) is 0 Å². The van der Waals surface area contributed by atoms with Crippen molar-refractivity contribution in [3.63, 3.8) is 0 Å². The van der Waals surface area contributed by atoms with E-state index < -0.39 is 17.5 Å². The molecule has 196 valence electrons. The number of rotatable bonds is 8. The van der Waals surface area contributed by atoms with Crippen molar-refractivity contribution in [2.45, 2.75) is 45.1 Å². The van der Waals surface area contributed by atoms with E-state index in [2.05, 4.69) is 5.32 Å². The molecular formula is C29H28N2O7. The van der Waals surface area contributed by atoms with E-state index in [1.807, 2.05) is 13.0 Å². The molecular weight excluding hydrogens is 488 g/mol. The van der Waals surface area contributed by atoms with Gasteiger partial charge < -0.3 is 23.9 Å². The lowest BCUT2D eigenvalue weighted by Gasteiger charge is -2.22. The van der Waals surface area contributed by atoms with Gasteiger partial charge in [-0.2, -0.15) is 5.26 Å². The zero-order chi connectivity index (χ0) is 27.1. The van der Waals surface area contributed by atoms with Crippen LogP contribution in [0.2, 0.25) is 0 Å². The van der Waals surface area contributed by atoms with Crippen LogP contribution in [0, 0.1) is 11.3 Å². The Balaban J connectivity index is 1.51. The van der Waals surface area contributed by atoms with Gasteiger partial charge in [0.15, 0.2) is 11.5 Å². The molecule has 0 aliphatic heterocycles. The number of benzene rings is 2. The van der Waals surface area contributed by atoms with E-state index in [0.29, 0.717) is 29.1 Å². The Bertz CT molecular complexity index is 1480. The molecule has 0 radical (unpaired) electrons. The van der Waals surface area contributed by atoms with E-state index in [0.717, 1.165) is 32.1 Å². The molecule has 0 saturated heterocycles. The van der Waals surface area contributed by atoms with Crippen LogP contribution >= 0.6 is 0 Å². The minimum atomic E-state index is -0.884. The third-order valence-electron chi connectivity index (χ3n) is 6.24. The zero-order valence-electron chi connectivity index (χ0n) is 21.2. The van der Waals surface area contributed by atoms with Crippen LogP contribution in [0.5, 0.6) is 17.2 Å². The second kappa shape index (κ2) is 12.1. The van der Waals surface area contributed by atoms with Crippen LogP contribution in [0.25, 0.3) is 17.0 Å². The summed E-state index contributed by atoms with van der Waals surface area (Å²) in [6, 6.07) is 12.8. The van der Waals surface area contributed by atoms with Crippen molar-refractivity contribution in [1.82, 2.24) is 5.32 Å². The van der Waals surface area contributed by atoms with E-state index in [1.165, 1.54) is 31.4 Å². The third kappa shape index (κ3) is 6.21. The summed E-state index contributed by atoms with van der Waals surface area (Å²) in [5.74, 6) is -0.262. The molecule has 0 spiro atoms. The fourth-order valence-electron chi connectivity index (χ4n) is 4.34. The minimum Gasteiger partial charge on any atom is -0.493 e. The number of amides is 1. The summed E-state index contributed by atoms with van der Waals surface area (Å²) in [6.45, 7) is 2.31. The van der Waals surface area contributed by atoms with Gasteiger partial charge >= 0.3 is 11.6 Å². The number of carbonyl (C=O) groups is 2. The van der Waals surface area contributed by atoms with Crippen LogP contribution in [0.15, 0.2) is 57.2 Å². The van der Waals surface area contributed by atoms with Crippen molar-refractivity contribution in [3.05, 3.63) is 69.6 Å². The summed E-state index contributed by atoms with van der Waals surface area (Å²) in [7, 11) is 1.50. The Hall–Kier alpha value is -4.58. The molecule has 1 N–H and O–H groups in total. The number of nitrogens with one attached hydrogen (secondary N) is 1. The Kier molecular flexibility index (Phi) is 8.44. The lowest BCUT2D eigenvalue weighted by atomic mass is 9.95. The Morgan fingerprint density at radius 2 is 1.89 bits per heavy atom. The van der Waals surface area contributed by atoms with E-state index in [-0.39, 0.29) is 28.5 Å². The van der Waals surface area contributed by atoms with Crippen molar-refractivity contribution < 1.29 is 28.2 Å². The number of methoxy groups -OCH3 is 1. The first kappa shape index (κ1) is 26.5. The highest BCUT2D eigenvalue weighted by Crippen LogP contribution is 2.29. The van der Waals surface area contributed by atoms with Crippen LogP contribution < -0.4 is 25.2 Å². The molecule has 1 aliphatic carbocycles. The number of hydrogen-bond donors (Lipinski definition) is 1. The third-order valence-corrected chi connectivity index (χ3v) is 6.24. The summed E-state index contributed by atoms with van der Waals surface area (Å²) in [5.41, 5.74) is -0.410. The second-order valence-corrected chi connectivity index (χ2v) is 8.86. The maximum Gasteiger partial charge on any atom is 0.354 e. The second-order valence-electron chi connectivity index (χ2n) is 8.86. The molecule has 0 unspecified atom stereocenters. The highest BCUT2D eigenvalue weighted by atomic mass is 16.5. The number of fused-ring (bicyclic) bond motifs is 1. The summed E-state index contributed by atoms with van der Waals surface area (Å²) in [6.07, 6.45) is 6.42. The largest absolute Gasteiger partial charge is 0.493 e. The van der Waals surface area contributed by atoms with Crippen molar-refractivity contribution in [1.29, 1.82) is 5.26 Å². The SMILES string of the molecule is CCOc1ccc(/C=C(\C#N)C(=O)Oc2ccc3cc(C(=O)NC4CCCCC4)c(=O)oc3c2)cc1OC. The maximum atomic E-state index is 12.7. The molecule has 4 rings (SSSR count). The van der Waals surface area contributed by atoms with Crippen LogP contribution in [-0.2, 0) is 4.79 Å². The van der Waals surface area contributed by atoms with Crippen molar-refractivity contribution in [2.75, 3.05) is 13.7 Å². The Labute approximate surface area is 219 Å². The minimum absolute atomic E-state index is 0.0548. The number of hydrogen-bond acceptors (Lipinski definition) is 8. The number of nitriles is 1. The molecule has 38 heavy (non-hydrogen) atoms. The fraction of sp³-hybridized carbons (Fsp3) is 0.310. The standard InChI is InChI=1S/C29H28N2O7/c1-3-36-24-12-9-18(14-26(24)35-2)13-20(17-30)28(33)37-22-11-10-19-15-23(29(34)38-25(19)16-22)27(32)31-21-7-5-4-6-8-21/h9-16,21H,3-8H2,1-2H3,(H,31,32)/b20-13+. The number of esters is 1. The van der Waals surface area contributed by atoms with Gasteiger partial charge in [0.05, 0.1) is 13.7 Å². The van der Waals surface area contributed by atoms with Gasteiger partial charge in [0, 0.05) is 17.5 Å². The molecule has 1 saturated carbocycles. The van der Waals surface area contributed by atoms with Gasteiger partial charge in [-0.1, -0.05) is 25.3 Å². The highest BCUT2D eigenvalue weighted by molar-refractivity contribution is 6.00. The molecule has 1 aromatic heterocycles. The quantitative estimate of drug-likeness (QED) is 0.149. The molecule has 3 aromatic rings. The summed E-state index contributed by atoms with van der Waals surface area (Å²) in [4.78, 5) is 37.9. The predicted molar refractivity (Wildman–Crippen MR) is 140 cm³/mol. The van der Waals surface area contributed by atoms with Gasteiger partial charge in [0.25, 0.3) is 5.91 Å². The number of carbonyl (C=O) groups excluding carboxylic acids is 2. The van der Waals surface area contributed by atoms with E-state index >= 15 is 0 Å². The summed E-state index contributed by atoms with van der Waals surface area (Å²) < 4.78 is 21.5. The van der Waals surface area contributed by atoms with Crippen LogP contribution in [0.4, 0.5) is 0 Å². The monoisotopic (exact) mass is 516 g/mol. The van der Waals surface area contributed by atoms with Crippen LogP contribution in [-0.4, -0.2) is 31.6 Å². The zero-order valence-corrected chi connectivity index (χ0v) is 21.2. The average Bonchev–Trinajstić information content (AvgIpc) is 2.92. The molecule has 0 bridgehead atoms. The van der Waals surface area contributed by atoms with Crippen LogP contribution in [0.3, 0.4) is 0 Å². The first-order chi connectivity index (χ1) is 18.4. The first-order valence-electron chi connectivity index (χ1n) is 12.5. The smallest absolute Gasteiger partial charge is 0.354 e. The van der Waals surface area contributed by atoms with Gasteiger partial charge in [0.1, 0.15) is 28.5 Å². The highest BCUT2D eigenvalue weighted by Gasteiger charge is 2.20. The first-order valence-corrected chi connectivity index (χ1v) is 12.5. The maximum absolute atomic E-state index is 12.7. The molecule has 0 atom stereocenters.